The van der Waals surface area contributed by atoms with E-state index in [9.17, 15) is 0 Å². The van der Waals surface area contributed by atoms with Crippen LogP contribution in [-0.2, 0) is 0 Å². The lowest BCUT2D eigenvalue weighted by Crippen LogP contribution is -2.09. The molecule has 0 aliphatic carbocycles. The summed E-state index contributed by atoms with van der Waals surface area (Å²) in [5, 5.41) is 3.92. The van der Waals surface area contributed by atoms with Gasteiger partial charge in [0.05, 0.1) is 0 Å². The number of hydrogen-bond donors (Lipinski definition) is 0. The first kappa shape index (κ1) is 21.3. The highest BCUT2D eigenvalue weighted by molar-refractivity contribution is 6.31. The molecule has 0 fully saturated rings. The Hall–Kier alpha value is -3.52. The Morgan fingerprint density at radius 3 is 1.61 bits per heavy atom. The molecule has 5 rings (SSSR count). The Morgan fingerprint density at radius 2 is 1.00 bits per heavy atom. The predicted octanol–water partition coefficient (Wildman–Crippen LogP) is 9.79. The van der Waals surface area contributed by atoms with E-state index in [0.717, 1.165) is 22.6 Å². The third kappa shape index (κ3) is 4.80. The van der Waals surface area contributed by atoms with Crippen LogP contribution >= 0.6 is 23.2 Å². The molecule has 160 valence electrons. The Labute approximate surface area is 204 Å². The fourth-order valence-corrected chi connectivity index (χ4v) is 4.20. The number of nitrogens with zero attached hydrogens (tertiary/aromatic N) is 1. The largest absolute Gasteiger partial charge is 0.311 e. The van der Waals surface area contributed by atoms with Crippen LogP contribution in [0.15, 0.2) is 115 Å². The van der Waals surface area contributed by atoms with Gasteiger partial charge in [0.1, 0.15) is 0 Å². The standard InChI is InChI=1S/C30H21Cl2N/c31-25-12-18-28(19-13-25)33(29-20-14-26(32)15-21-29)27-16-9-22(10-17-27)8-11-24-6-3-5-23-4-1-2-7-30(23)24/h1-21H/b11-8+. The molecule has 0 saturated carbocycles. The molecule has 0 bridgehead atoms. The van der Waals surface area contributed by atoms with Gasteiger partial charge in [0.2, 0.25) is 0 Å². The number of rotatable bonds is 5. The van der Waals surface area contributed by atoms with Gasteiger partial charge in [-0.05, 0) is 82.6 Å². The van der Waals surface area contributed by atoms with E-state index in [4.69, 9.17) is 23.2 Å². The molecule has 5 aromatic rings. The average molecular weight is 466 g/mol. The molecule has 1 nitrogen and oxygen atoms in total. The minimum absolute atomic E-state index is 0.712. The highest BCUT2D eigenvalue weighted by atomic mass is 35.5. The average Bonchev–Trinajstić information content (AvgIpc) is 2.86. The zero-order valence-electron chi connectivity index (χ0n) is 17.8. The van der Waals surface area contributed by atoms with Crippen LogP contribution in [-0.4, -0.2) is 0 Å². The fourth-order valence-electron chi connectivity index (χ4n) is 3.94. The first-order chi connectivity index (χ1) is 16.2. The maximum Gasteiger partial charge on any atom is 0.0462 e. The van der Waals surface area contributed by atoms with Gasteiger partial charge in [-0.25, -0.2) is 0 Å². The molecule has 0 aliphatic heterocycles. The van der Waals surface area contributed by atoms with Gasteiger partial charge in [-0.1, -0.05) is 90.0 Å². The second-order valence-electron chi connectivity index (χ2n) is 7.78. The van der Waals surface area contributed by atoms with E-state index in [1.807, 2.05) is 48.5 Å². The van der Waals surface area contributed by atoms with E-state index < -0.39 is 0 Å². The summed E-state index contributed by atoms with van der Waals surface area (Å²) >= 11 is 12.3. The molecule has 0 radical (unpaired) electrons. The minimum atomic E-state index is 0.712. The van der Waals surface area contributed by atoms with Gasteiger partial charge in [0.25, 0.3) is 0 Å². The van der Waals surface area contributed by atoms with Gasteiger partial charge in [-0.15, -0.1) is 0 Å². The molecular weight excluding hydrogens is 445 g/mol. The number of anilines is 3. The third-order valence-electron chi connectivity index (χ3n) is 5.60. The van der Waals surface area contributed by atoms with Crippen molar-refractivity contribution in [2.24, 2.45) is 0 Å². The fraction of sp³-hybridized carbons (Fsp3) is 0. The van der Waals surface area contributed by atoms with Crippen molar-refractivity contribution in [3.8, 4) is 0 Å². The van der Waals surface area contributed by atoms with Crippen molar-refractivity contribution in [1.29, 1.82) is 0 Å². The van der Waals surface area contributed by atoms with Gasteiger partial charge < -0.3 is 4.90 Å². The summed E-state index contributed by atoms with van der Waals surface area (Å²) in [5.41, 5.74) is 5.46. The SMILES string of the molecule is Clc1ccc(N(c2ccc(Cl)cc2)c2ccc(/C=C/c3cccc4ccccc34)cc2)cc1. The summed E-state index contributed by atoms with van der Waals surface area (Å²) < 4.78 is 0. The number of benzene rings is 5. The van der Waals surface area contributed by atoms with E-state index >= 15 is 0 Å². The molecule has 0 heterocycles. The normalized spacial score (nSPS) is 11.2. The van der Waals surface area contributed by atoms with Crippen LogP contribution in [0.1, 0.15) is 11.1 Å². The summed E-state index contributed by atoms with van der Waals surface area (Å²) in [4.78, 5) is 2.19. The second kappa shape index (κ2) is 9.54. The first-order valence-corrected chi connectivity index (χ1v) is 11.5. The number of hydrogen-bond acceptors (Lipinski definition) is 1. The molecule has 33 heavy (non-hydrogen) atoms. The molecule has 0 aliphatic rings. The molecule has 5 aromatic carbocycles. The van der Waals surface area contributed by atoms with Crippen LogP contribution in [0.3, 0.4) is 0 Å². The maximum atomic E-state index is 6.13. The van der Waals surface area contributed by atoms with Crippen LogP contribution in [0, 0.1) is 0 Å². The maximum absolute atomic E-state index is 6.13. The van der Waals surface area contributed by atoms with Gasteiger partial charge in [-0.2, -0.15) is 0 Å². The van der Waals surface area contributed by atoms with Gasteiger partial charge in [0, 0.05) is 27.1 Å². The van der Waals surface area contributed by atoms with Crippen LogP contribution in [0.5, 0.6) is 0 Å². The lowest BCUT2D eigenvalue weighted by atomic mass is 10.0. The molecule has 0 atom stereocenters. The van der Waals surface area contributed by atoms with Crippen LogP contribution in [0.4, 0.5) is 17.1 Å². The highest BCUT2D eigenvalue weighted by Gasteiger charge is 2.12. The smallest absolute Gasteiger partial charge is 0.0462 e. The predicted molar refractivity (Wildman–Crippen MR) is 144 cm³/mol. The molecule has 0 spiro atoms. The highest BCUT2D eigenvalue weighted by Crippen LogP contribution is 2.35. The molecule has 0 amide bonds. The zero-order valence-corrected chi connectivity index (χ0v) is 19.3. The Morgan fingerprint density at radius 1 is 0.485 bits per heavy atom. The van der Waals surface area contributed by atoms with Crippen LogP contribution in [0.25, 0.3) is 22.9 Å². The van der Waals surface area contributed by atoms with E-state index in [2.05, 4.69) is 83.8 Å². The molecular formula is C30H21Cl2N. The first-order valence-electron chi connectivity index (χ1n) is 10.7. The molecule has 0 N–H and O–H groups in total. The van der Waals surface area contributed by atoms with Crippen molar-refractivity contribution in [1.82, 2.24) is 0 Å². The van der Waals surface area contributed by atoms with Crippen LogP contribution in [0.2, 0.25) is 10.0 Å². The number of halogens is 2. The second-order valence-corrected chi connectivity index (χ2v) is 8.65. The zero-order chi connectivity index (χ0) is 22.6. The molecule has 0 unspecified atom stereocenters. The Kier molecular flexibility index (Phi) is 6.17. The molecule has 3 heteroatoms. The monoisotopic (exact) mass is 465 g/mol. The Balaban J connectivity index is 1.47. The summed E-state index contributed by atoms with van der Waals surface area (Å²) in [7, 11) is 0. The van der Waals surface area contributed by atoms with E-state index in [0.29, 0.717) is 10.0 Å². The van der Waals surface area contributed by atoms with Crippen molar-refractivity contribution in [3.63, 3.8) is 0 Å². The van der Waals surface area contributed by atoms with E-state index in [-0.39, 0.29) is 0 Å². The Bertz CT molecular complexity index is 1350. The third-order valence-corrected chi connectivity index (χ3v) is 6.10. The molecule has 0 aromatic heterocycles. The van der Waals surface area contributed by atoms with E-state index in [1.54, 1.807) is 0 Å². The van der Waals surface area contributed by atoms with Crippen molar-refractivity contribution in [3.05, 3.63) is 136 Å². The van der Waals surface area contributed by atoms with Crippen LogP contribution < -0.4 is 4.90 Å². The van der Waals surface area contributed by atoms with Crippen molar-refractivity contribution >= 4 is 63.2 Å². The number of fused-ring (bicyclic) bond motifs is 1. The lowest BCUT2D eigenvalue weighted by molar-refractivity contribution is 1.28. The minimum Gasteiger partial charge on any atom is -0.311 e. The van der Waals surface area contributed by atoms with Gasteiger partial charge >= 0.3 is 0 Å². The van der Waals surface area contributed by atoms with Crippen molar-refractivity contribution in [2.75, 3.05) is 4.90 Å². The van der Waals surface area contributed by atoms with Crippen molar-refractivity contribution < 1.29 is 0 Å². The van der Waals surface area contributed by atoms with Gasteiger partial charge in [-0.3, -0.25) is 0 Å². The van der Waals surface area contributed by atoms with Gasteiger partial charge in [0.15, 0.2) is 0 Å². The molecule has 0 saturated heterocycles. The summed E-state index contributed by atoms with van der Waals surface area (Å²) in [6.07, 6.45) is 4.33. The lowest BCUT2D eigenvalue weighted by Gasteiger charge is -2.25. The van der Waals surface area contributed by atoms with E-state index in [1.165, 1.54) is 16.3 Å². The topological polar surface area (TPSA) is 3.24 Å². The summed E-state index contributed by atoms with van der Waals surface area (Å²) in [6, 6.07) is 39.1. The quantitative estimate of drug-likeness (QED) is 0.233. The van der Waals surface area contributed by atoms with Crippen molar-refractivity contribution in [2.45, 2.75) is 0 Å². The summed E-state index contributed by atoms with van der Waals surface area (Å²) in [5.74, 6) is 0. The summed E-state index contributed by atoms with van der Waals surface area (Å²) in [6.45, 7) is 0.